The quantitative estimate of drug-likeness (QED) is 0.274. The number of alkyl halides is 3. The van der Waals surface area contributed by atoms with Crippen LogP contribution in [-0.2, 0) is 15.7 Å². The summed E-state index contributed by atoms with van der Waals surface area (Å²) in [4.78, 5) is 38.1. The second kappa shape index (κ2) is 11.2. The molecule has 38 heavy (non-hydrogen) atoms. The molecule has 1 unspecified atom stereocenters. The van der Waals surface area contributed by atoms with Crippen molar-refractivity contribution in [2.75, 3.05) is 0 Å². The van der Waals surface area contributed by atoms with Gasteiger partial charge >= 0.3 is 18.2 Å². The highest BCUT2D eigenvalue weighted by atomic mass is 19.4. The Balaban J connectivity index is 1.95. The van der Waals surface area contributed by atoms with Gasteiger partial charge in [0, 0.05) is 6.07 Å². The first kappa shape index (κ1) is 28.5. The molecule has 11 heteroatoms. The van der Waals surface area contributed by atoms with Crippen LogP contribution in [0.3, 0.4) is 0 Å². The van der Waals surface area contributed by atoms with Crippen molar-refractivity contribution in [3.05, 3.63) is 64.5 Å². The van der Waals surface area contributed by atoms with Crippen LogP contribution in [0.25, 0.3) is 11.0 Å². The third kappa shape index (κ3) is 7.05. The Bertz CT molecular complexity index is 1360. The molecule has 0 radical (unpaired) electrons. The number of carbonyl (C=O) groups excluding carboxylic acids is 2. The molecule has 3 rings (SSSR count). The van der Waals surface area contributed by atoms with Crippen LogP contribution >= 0.6 is 0 Å². The lowest BCUT2D eigenvalue weighted by Crippen LogP contribution is -2.48. The van der Waals surface area contributed by atoms with Crippen molar-refractivity contribution in [3.8, 4) is 17.2 Å². The zero-order valence-electron chi connectivity index (χ0n) is 21.5. The standard InChI is InChI=1S/C27H28F3NO7/c1-6-15(2)20(31-25(34)38-26(3,4)5)24(33)36-17-12-13-18-19(14-17)37-23(27(28,29)30)22(21(18)32)35-16-10-8-7-9-11-16/h7-15,20H,6H2,1-5H3,(H,31,34)/t15?,20-/m1/s1. The molecule has 2 aromatic carbocycles. The first-order chi connectivity index (χ1) is 17.7. The second-order valence-corrected chi connectivity index (χ2v) is 9.59. The summed E-state index contributed by atoms with van der Waals surface area (Å²) in [5, 5.41) is 2.26. The van der Waals surface area contributed by atoms with E-state index < -0.39 is 52.4 Å². The number of ether oxygens (including phenoxy) is 3. The first-order valence-corrected chi connectivity index (χ1v) is 11.8. The third-order valence-corrected chi connectivity index (χ3v) is 5.40. The molecule has 3 aromatic rings. The van der Waals surface area contributed by atoms with E-state index in [9.17, 15) is 27.6 Å². The number of hydrogen-bond donors (Lipinski definition) is 1. The molecule has 1 heterocycles. The Morgan fingerprint density at radius 2 is 1.68 bits per heavy atom. The van der Waals surface area contributed by atoms with Crippen molar-refractivity contribution < 1.29 is 41.4 Å². The molecule has 1 N–H and O–H groups in total. The average molecular weight is 536 g/mol. The van der Waals surface area contributed by atoms with Gasteiger partial charge in [-0.1, -0.05) is 38.5 Å². The van der Waals surface area contributed by atoms with Crippen molar-refractivity contribution in [1.82, 2.24) is 5.32 Å². The predicted octanol–water partition coefficient (Wildman–Crippen LogP) is 6.45. The minimum Gasteiger partial charge on any atom is -0.449 e. The lowest BCUT2D eigenvalue weighted by molar-refractivity contribution is -0.154. The summed E-state index contributed by atoms with van der Waals surface area (Å²) in [6.07, 6.45) is -5.38. The van der Waals surface area contributed by atoms with Crippen molar-refractivity contribution in [2.24, 2.45) is 5.92 Å². The summed E-state index contributed by atoms with van der Waals surface area (Å²) in [5.41, 5.74) is -2.32. The highest BCUT2D eigenvalue weighted by Crippen LogP contribution is 2.38. The van der Waals surface area contributed by atoms with E-state index in [1.54, 1.807) is 40.7 Å². The van der Waals surface area contributed by atoms with Crippen LogP contribution in [0, 0.1) is 5.92 Å². The third-order valence-electron chi connectivity index (χ3n) is 5.40. The van der Waals surface area contributed by atoms with Gasteiger partial charge in [0.1, 0.15) is 28.7 Å². The maximum Gasteiger partial charge on any atom is 0.453 e. The van der Waals surface area contributed by atoms with E-state index in [4.69, 9.17) is 18.6 Å². The van der Waals surface area contributed by atoms with Crippen molar-refractivity contribution in [3.63, 3.8) is 0 Å². The fourth-order valence-corrected chi connectivity index (χ4v) is 3.39. The van der Waals surface area contributed by atoms with E-state index >= 15 is 0 Å². The molecule has 0 aliphatic carbocycles. The Morgan fingerprint density at radius 1 is 1.03 bits per heavy atom. The number of alkyl carbamates (subject to hydrolysis) is 1. The van der Waals surface area contributed by atoms with Gasteiger partial charge in [-0.25, -0.2) is 9.59 Å². The topological polar surface area (TPSA) is 104 Å². The summed E-state index contributed by atoms with van der Waals surface area (Å²) in [7, 11) is 0. The fourth-order valence-electron chi connectivity index (χ4n) is 3.39. The summed E-state index contributed by atoms with van der Waals surface area (Å²) in [6.45, 7) is 8.51. The maximum absolute atomic E-state index is 13.8. The second-order valence-electron chi connectivity index (χ2n) is 9.59. The van der Waals surface area contributed by atoms with E-state index in [0.29, 0.717) is 6.42 Å². The van der Waals surface area contributed by atoms with Crippen LogP contribution in [0.2, 0.25) is 0 Å². The number of benzene rings is 2. The number of halogens is 3. The van der Waals surface area contributed by atoms with Gasteiger partial charge in [-0.15, -0.1) is 0 Å². The molecule has 0 spiro atoms. The van der Waals surface area contributed by atoms with Crippen LogP contribution in [0.1, 0.15) is 46.8 Å². The van der Waals surface area contributed by atoms with E-state index in [2.05, 4.69) is 5.32 Å². The van der Waals surface area contributed by atoms with Crippen LogP contribution in [-0.4, -0.2) is 23.7 Å². The number of nitrogens with one attached hydrogen (secondary N) is 1. The zero-order valence-corrected chi connectivity index (χ0v) is 21.5. The van der Waals surface area contributed by atoms with Crippen molar-refractivity contribution in [2.45, 2.75) is 58.9 Å². The molecule has 2 atom stereocenters. The Labute approximate surface area is 216 Å². The highest BCUT2D eigenvalue weighted by molar-refractivity contribution is 5.85. The lowest BCUT2D eigenvalue weighted by atomic mass is 9.99. The van der Waals surface area contributed by atoms with E-state index in [0.717, 1.165) is 6.07 Å². The molecule has 0 saturated carbocycles. The molecule has 8 nitrogen and oxygen atoms in total. The zero-order chi connectivity index (χ0) is 28.3. The number of para-hydroxylation sites is 1. The number of hydrogen-bond acceptors (Lipinski definition) is 7. The van der Waals surface area contributed by atoms with E-state index in [1.165, 1.54) is 36.4 Å². The van der Waals surface area contributed by atoms with Crippen LogP contribution < -0.4 is 20.2 Å². The van der Waals surface area contributed by atoms with Crippen LogP contribution in [0.5, 0.6) is 17.2 Å². The Kier molecular flexibility index (Phi) is 8.38. The highest BCUT2D eigenvalue weighted by Gasteiger charge is 2.40. The Morgan fingerprint density at radius 3 is 2.26 bits per heavy atom. The lowest BCUT2D eigenvalue weighted by Gasteiger charge is -2.25. The normalized spacial score (nSPS) is 13.5. The molecule has 0 aliphatic heterocycles. The summed E-state index contributed by atoms with van der Waals surface area (Å²) < 4.78 is 62.2. The van der Waals surface area contributed by atoms with Crippen molar-refractivity contribution in [1.29, 1.82) is 0 Å². The summed E-state index contributed by atoms with van der Waals surface area (Å²) in [5.74, 6) is -4.04. The van der Waals surface area contributed by atoms with Gasteiger partial charge in [-0.05, 0) is 51.0 Å². The Hall–Kier alpha value is -4.02. The number of fused-ring (bicyclic) bond motifs is 1. The molecular formula is C27H28F3NO7. The van der Waals surface area contributed by atoms with Gasteiger partial charge < -0.3 is 23.9 Å². The summed E-state index contributed by atoms with van der Waals surface area (Å²) in [6, 6.07) is 9.79. The van der Waals surface area contributed by atoms with Crippen LogP contribution in [0.15, 0.2) is 57.7 Å². The SMILES string of the molecule is CCC(C)[C@@H](NC(=O)OC(C)(C)C)C(=O)Oc1ccc2c(=O)c(Oc3ccccc3)c(C(F)(F)F)oc2c1. The largest absolute Gasteiger partial charge is 0.453 e. The molecule has 0 bridgehead atoms. The van der Waals surface area contributed by atoms with E-state index in [1.807, 2.05) is 0 Å². The van der Waals surface area contributed by atoms with E-state index in [-0.39, 0.29) is 22.8 Å². The molecule has 1 aromatic heterocycles. The average Bonchev–Trinajstić information content (AvgIpc) is 2.82. The number of esters is 1. The minimum atomic E-state index is -5.05. The maximum atomic E-state index is 13.8. The van der Waals surface area contributed by atoms with Crippen molar-refractivity contribution >= 4 is 23.0 Å². The molecule has 0 fully saturated rings. The van der Waals surface area contributed by atoms with Crippen LogP contribution in [0.4, 0.5) is 18.0 Å². The minimum absolute atomic E-state index is 0.0174. The predicted molar refractivity (Wildman–Crippen MR) is 132 cm³/mol. The summed E-state index contributed by atoms with van der Waals surface area (Å²) >= 11 is 0. The van der Waals surface area contributed by atoms with Gasteiger partial charge in [0.25, 0.3) is 5.76 Å². The van der Waals surface area contributed by atoms with Gasteiger partial charge in [0.05, 0.1) is 5.39 Å². The first-order valence-electron chi connectivity index (χ1n) is 11.8. The molecule has 204 valence electrons. The monoisotopic (exact) mass is 535 g/mol. The molecule has 1 amide bonds. The molecule has 0 saturated heterocycles. The smallest absolute Gasteiger partial charge is 0.449 e. The fraction of sp³-hybridized carbons (Fsp3) is 0.370. The number of carbonyl (C=O) groups is 2. The number of rotatable bonds is 7. The van der Waals surface area contributed by atoms with Gasteiger partial charge in [0.2, 0.25) is 11.2 Å². The van der Waals surface area contributed by atoms with Gasteiger partial charge in [-0.3, -0.25) is 4.79 Å². The number of amides is 1. The molecular weight excluding hydrogens is 507 g/mol. The molecule has 0 aliphatic rings. The van der Waals surface area contributed by atoms with Gasteiger partial charge in [-0.2, -0.15) is 13.2 Å². The van der Waals surface area contributed by atoms with Gasteiger partial charge in [0.15, 0.2) is 0 Å².